The van der Waals surface area contributed by atoms with E-state index in [9.17, 15) is 13.2 Å². The van der Waals surface area contributed by atoms with E-state index >= 15 is 0 Å². The van der Waals surface area contributed by atoms with Gasteiger partial charge in [0.15, 0.2) is 9.84 Å². The highest BCUT2D eigenvalue weighted by Gasteiger charge is 2.32. The number of hydrogen-bond acceptors (Lipinski definition) is 3. The molecule has 0 radical (unpaired) electrons. The molecule has 0 spiro atoms. The van der Waals surface area contributed by atoms with E-state index in [4.69, 9.17) is 11.6 Å². The van der Waals surface area contributed by atoms with Crippen LogP contribution < -0.4 is 0 Å². The van der Waals surface area contributed by atoms with E-state index in [1.54, 1.807) is 31.3 Å². The highest BCUT2D eigenvalue weighted by Crippen LogP contribution is 2.19. The van der Waals surface area contributed by atoms with Crippen molar-refractivity contribution in [1.29, 1.82) is 0 Å². The predicted molar refractivity (Wildman–Crippen MR) is 70.6 cm³/mol. The van der Waals surface area contributed by atoms with E-state index in [0.29, 0.717) is 17.0 Å². The summed E-state index contributed by atoms with van der Waals surface area (Å²) in [6, 6.07) is 6.36. The summed E-state index contributed by atoms with van der Waals surface area (Å²) >= 11 is 5.76. The van der Waals surface area contributed by atoms with Crippen LogP contribution >= 0.6 is 11.6 Å². The lowest BCUT2D eigenvalue weighted by Crippen LogP contribution is -2.37. The number of sulfone groups is 1. The molecule has 1 heterocycles. The van der Waals surface area contributed by atoms with Crippen molar-refractivity contribution in [1.82, 2.24) is 4.90 Å². The molecule has 1 atom stereocenters. The third-order valence-corrected chi connectivity index (χ3v) is 5.17. The summed E-state index contributed by atoms with van der Waals surface area (Å²) < 4.78 is 22.8. The van der Waals surface area contributed by atoms with Crippen LogP contribution in [0.5, 0.6) is 0 Å². The van der Waals surface area contributed by atoms with Crippen LogP contribution in [0.2, 0.25) is 5.02 Å². The number of nitrogens with zero attached hydrogens (tertiary/aromatic N) is 1. The van der Waals surface area contributed by atoms with E-state index in [0.717, 1.165) is 0 Å². The van der Waals surface area contributed by atoms with Gasteiger partial charge >= 0.3 is 0 Å². The standard InChI is InChI=1S/C12H14ClNO3S/c1-14(11-6-7-18(16,17)8-11)12(15)9-2-4-10(13)5-3-9/h2-5,11H,6-8H2,1H3/t11-/m1/s1. The Morgan fingerprint density at radius 2 is 1.94 bits per heavy atom. The van der Waals surface area contributed by atoms with Crippen LogP contribution in [0.4, 0.5) is 0 Å². The molecule has 6 heteroatoms. The summed E-state index contributed by atoms with van der Waals surface area (Å²) in [5, 5.41) is 0.567. The van der Waals surface area contributed by atoms with Crippen molar-refractivity contribution in [3.05, 3.63) is 34.9 Å². The third-order valence-electron chi connectivity index (χ3n) is 3.17. The average molecular weight is 288 g/mol. The molecule has 0 N–H and O–H groups in total. The Kier molecular flexibility index (Phi) is 3.64. The van der Waals surface area contributed by atoms with Crippen LogP contribution in [0.25, 0.3) is 0 Å². The molecule has 18 heavy (non-hydrogen) atoms. The zero-order chi connectivity index (χ0) is 13.3. The SMILES string of the molecule is CN(C(=O)c1ccc(Cl)cc1)[C@@H]1CCS(=O)(=O)C1. The number of rotatable bonds is 2. The van der Waals surface area contributed by atoms with Crippen molar-refractivity contribution in [2.45, 2.75) is 12.5 Å². The van der Waals surface area contributed by atoms with E-state index in [1.807, 2.05) is 0 Å². The van der Waals surface area contributed by atoms with Gasteiger partial charge in [0.2, 0.25) is 0 Å². The van der Waals surface area contributed by atoms with Crippen LogP contribution in [0.1, 0.15) is 16.8 Å². The molecule has 0 bridgehead atoms. The summed E-state index contributed by atoms with van der Waals surface area (Å²) in [7, 11) is -1.34. The number of halogens is 1. The van der Waals surface area contributed by atoms with Gasteiger partial charge in [-0.05, 0) is 30.7 Å². The van der Waals surface area contributed by atoms with Crippen molar-refractivity contribution >= 4 is 27.3 Å². The highest BCUT2D eigenvalue weighted by molar-refractivity contribution is 7.91. The van der Waals surface area contributed by atoms with Crippen molar-refractivity contribution in [2.24, 2.45) is 0 Å². The van der Waals surface area contributed by atoms with Gasteiger partial charge in [-0.3, -0.25) is 4.79 Å². The molecular formula is C12H14ClNO3S. The Labute approximate surface area is 111 Å². The number of carbonyl (C=O) groups excluding carboxylic acids is 1. The smallest absolute Gasteiger partial charge is 0.253 e. The molecule has 1 saturated heterocycles. The van der Waals surface area contributed by atoms with Gasteiger partial charge in [0.05, 0.1) is 11.5 Å². The predicted octanol–water partition coefficient (Wildman–Crippen LogP) is 1.60. The largest absolute Gasteiger partial charge is 0.338 e. The van der Waals surface area contributed by atoms with Crippen LogP contribution in [0.15, 0.2) is 24.3 Å². The minimum absolute atomic E-state index is 0.0584. The van der Waals surface area contributed by atoms with Crippen molar-refractivity contribution in [3.8, 4) is 0 Å². The summed E-state index contributed by atoms with van der Waals surface area (Å²) in [5.41, 5.74) is 0.520. The maximum Gasteiger partial charge on any atom is 0.253 e. The zero-order valence-electron chi connectivity index (χ0n) is 9.97. The second-order valence-corrected chi connectivity index (χ2v) is 7.14. The fourth-order valence-corrected chi connectivity index (χ4v) is 3.94. The first-order valence-corrected chi connectivity index (χ1v) is 7.82. The Bertz CT molecular complexity index is 553. The van der Waals surface area contributed by atoms with E-state index < -0.39 is 9.84 Å². The lowest BCUT2D eigenvalue weighted by Gasteiger charge is -2.23. The fourth-order valence-electron chi connectivity index (χ4n) is 2.04. The molecule has 1 aromatic carbocycles. The quantitative estimate of drug-likeness (QED) is 0.830. The normalized spacial score (nSPS) is 21.8. The second-order valence-electron chi connectivity index (χ2n) is 4.48. The minimum Gasteiger partial charge on any atom is -0.338 e. The lowest BCUT2D eigenvalue weighted by atomic mass is 10.1. The molecule has 98 valence electrons. The average Bonchev–Trinajstić information content (AvgIpc) is 2.69. The monoisotopic (exact) mass is 287 g/mol. The third kappa shape index (κ3) is 2.84. The Morgan fingerprint density at radius 3 is 2.44 bits per heavy atom. The van der Waals surface area contributed by atoms with Gasteiger partial charge in [0, 0.05) is 23.7 Å². The molecule has 1 aliphatic heterocycles. The van der Waals surface area contributed by atoms with Gasteiger partial charge in [-0.15, -0.1) is 0 Å². The number of benzene rings is 1. The van der Waals surface area contributed by atoms with Crippen molar-refractivity contribution < 1.29 is 13.2 Å². The second kappa shape index (κ2) is 4.90. The summed E-state index contributed by atoms with van der Waals surface area (Å²) in [6.07, 6.45) is 0.512. The van der Waals surface area contributed by atoms with E-state index in [-0.39, 0.29) is 23.5 Å². The molecule has 4 nitrogen and oxygen atoms in total. The number of hydrogen-bond donors (Lipinski definition) is 0. The first kappa shape index (κ1) is 13.4. The Hall–Kier alpha value is -1.07. The van der Waals surface area contributed by atoms with Crippen LogP contribution in [0, 0.1) is 0 Å². The van der Waals surface area contributed by atoms with E-state index in [1.165, 1.54) is 4.90 Å². The zero-order valence-corrected chi connectivity index (χ0v) is 11.5. The summed E-state index contributed by atoms with van der Waals surface area (Å²) in [5.74, 6) is 0.0485. The number of carbonyl (C=O) groups is 1. The molecular weight excluding hydrogens is 274 g/mol. The molecule has 1 aliphatic rings. The van der Waals surface area contributed by atoms with Crippen LogP contribution in [-0.2, 0) is 9.84 Å². The first-order valence-electron chi connectivity index (χ1n) is 5.62. The molecule has 1 aromatic rings. The molecule has 1 amide bonds. The van der Waals surface area contributed by atoms with Crippen LogP contribution in [-0.4, -0.2) is 43.8 Å². The van der Waals surface area contributed by atoms with Gasteiger partial charge in [0.1, 0.15) is 0 Å². The molecule has 2 rings (SSSR count). The topological polar surface area (TPSA) is 54.5 Å². The molecule has 0 aromatic heterocycles. The minimum atomic E-state index is -2.98. The summed E-state index contributed by atoms with van der Waals surface area (Å²) in [6.45, 7) is 0. The fraction of sp³-hybridized carbons (Fsp3) is 0.417. The van der Waals surface area contributed by atoms with Gasteiger partial charge < -0.3 is 4.90 Å². The molecule has 0 aliphatic carbocycles. The maximum atomic E-state index is 12.1. The van der Waals surface area contributed by atoms with Crippen molar-refractivity contribution in [3.63, 3.8) is 0 Å². The van der Waals surface area contributed by atoms with Gasteiger partial charge in [-0.2, -0.15) is 0 Å². The van der Waals surface area contributed by atoms with Crippen LogP contribution in [0.3, 0.4) is 0 Å². The molecule has 0 saturated carbocycles. The first-order chi connectivity index (χ1) is 8.39. The van der Waals surface area contributed by atoms with Gasteiger partial charge in [-0.25, -0.2) is 8.42 Å². The number of amides is 1. The lowest BCUT2D eigenvalue weighted by molar-refractivity contribution is 0.0747. The molecule has 0 unspecified atom stereocenters. The van der Waals surface area contributed by atoms with E-state index in [2.05, 4.69) is 0 Å². The molecule has 1 fully saturated rings. The van der Waals surface area contributed by atoms with Gasteiger partial charge in [-0.1, -0.05) is 11.6 Å². The van der Waals surface area contributed by atoms with Crippen molar-refractivity contribution in [2.75, 3.05) is 18.6 Å². The Balaban J connectivity index is 2.12. The summed E-state index contributed by atoms with van der Waals surface area (Å²) in [4.78, 5) is 13.6. The Morgan fingerprint density at radius 1 is 1.33 bits per heavy atom. The maximum absolute atomic E-state index is 12.1. The highest BCUT2D eigenvalue weighted by atomic mass is 35.5. The van der Waals surface area contributed by atoms with Gasteiger partial charge in [0.25, 0.3) is 5.91 Å².